The fourth-order valence-corrected chi connectivity index (χ4v) is 3.25. The molecule has 1 aromatic carbocycles. The van der Waals surface area contributed by atoms with Crippen molar-refractivity contribution in [1.82, 2.24) is 14.5 Å². The third-order valence-electron chi connectivity index (χ3n) is 4.98. The SMILES string of the molecule is Cc1cc(OCc2ncccn2)cc(=O)n1C(C)c1cccc(C#CC2CC2)c1. The van der Waals surface area contributed by atoms with E-state index in [1.54, 1.807) is 23.0 Å². The molecule has 2 aromatic heterocycles. The molecule has 0 spiro atoms. The molecule has 0 radical (unpaired) electrons. The van der Waals surface area contributed by atoms with Crippen molar-refractivity contribution < 1.29 is 4.74 Å². The van der Waals surface area contributed by atoms with E-state index in [4.69, 9.17) is 4.74 Å². The summed E-state index contributed by atoms with van der Waals surface area (Å²) in [7, 11) is 0. The van der Waals surface area contributed by atoms with E-state index in [9.17, 15) is 4.79 Å². The molecule has 1 fully saturated rings. The molecule has 146 valence electrons. The first-order valence-corrected chi connectivity index (χ1v) is 9.83. The van der Waals surface area contributed by atoms with Gasteiger partial charge in [-0.1, -0.05) is 24.0 Å². The van der Waals surface area contributed by atoms with Crippen molar-refractivity contribution >= 4 is 0 Å². The predicted octanol–water partition coefficient (Wildman–Crippen LogP) is 3.90. The summed E-state index contributed by atoms with van der Waals surface area (Å²) in [4.78, 5) is 21.1. The Morgan fingerprint density at radius 1 is 1.17 bits per heavy atom. The molecule has 2 heterocycles. The minimum absolute atomic E-state index is 0.100. The molecule has 0 aliphatic heterocycles. The summed E-state index contributed by atoms with van der Waals surface area (Å²) in [6.07, 6.45) is 5.75. The van der Waals surface area contributed by atoms with E-state index in [0.29, 0.717) is 17.5 Å². The molecule has 0 amide bonds. The van der Waals surface area contributed by atoms with Crippen LogP contribution in [-0.2, 0) is 6.61 Å². The number of aryl methyl sites for hydroxylation is 1. The second-order valence-corrected chi connectivity index (χ2v) is 7.34. The zero-order valence-corrected chi connectivity index (χ0v) is 16.6. The summed E-state index contributed by atoms with van der Waals surface area (Å²) >= 11 is 0. The molecule has 3 aromatic rings. The van der Waals surface area contributed by atoms with Gasteiger partial charge in [0.25, 0.3) is 5.56 Å². The molecule has 0 saturated heterocycles. The number of nitrogens with zero attached hydrogens (tertiary/aromatic N) is 3. The molecular formula is C24H23N3O2. The second-order valence-electron chi connectivity index (χ2n) is 7.34. The highest BCUT2D eigenvalue weighted by molar-refractivity contribution is 5.39. The quantitative estimate of drug-likeness (QED) is 0.625. The first-order valence-electron chi connectivity index (χ1n) is 9.83. The van der Waals surface area contributed by atoms with Crippen LogP contribution in [-0.4, -0.2) is 14.5 Å². The van der Waals surface area contributed by atoms with E-state index in [2.05, 4.69) is 27.9 Å². The van der Waals surface area contributed by atoms with Crippen LogP contribution >= 0.6 is 0 Å². The lowest BCUT2D eigenvalue weighted by Gasteiger charge is -2.19. The second kappa shape index (κ2) is 8.32. The molecule has 1 unspecified atom stereocenters. The monoisotopic (exact) mass is 385 g/mol. The van der Waals surface area contributed by atoms with E-state index in [1.165, 1.54) is 18.9 Å². The number of pyridine rings is 1. The third-order valence-corrected chi connectivity index (χ3v) is 4.98. The number of ether oxygens (including phenoxy) is 1. The maximum absolute atomic E-state index is 12.8. The van der Waals surface area contributed by atoms with Crippen LogP contribution in [0.5, 0.6) is 5.75 Å². The number of aromatic nitrogens is 3. The smallest absolute Gasteiger partial charge is 0.254 e. The lowest BCUT2D eigenvalue weighted by Crippen LogP contribution is -2.25. The molecule has 1 saturated carbocycles. The maximum atomic E-state index is 12.8. The van der Waals surface area contributed by atoms with E-state index in [-0.39, 0.29) is 18.2 Å². The van der Waals surface area contributed by atoms with Crippen LogP contribution in [0.4, 0.5) is 0 Å². The first kappa shape index (κ1) is 18.9. The average Bonchev–Trinajstić information content (AvgIpc) is 3.56. The van der Waals surface area contributed by atoms with E-state index >= 15 is 0 Å². The Hall–Kier alpha value is -3.39. The number of hydrogen-bond acceptors (Lipinski definition) is 4. The highest BCUT2D eigenvalue weighted by Gasteiger charge is 2.18. The molecule has 0 bridgehead atoms. The number of benzene rings is 1. The van der Waals surface area contributed by atoms with Crippen molar-refractivity contribution in [3.63, 3.8) is 0 Å². The highest BCUT2D eigenvalue weighted by atomic mass is 16.5. The van der Waals surface area contributed by atoms with Crippen molar-refractivity contribution in [2.24, 2.45) is 5.92 Å². The van der Waals surface area contributed by atoms with Crippen molar-refractivity contribution in [2.45, 2.75) is 39.3 Å². The Bertz CT molecular complexity index is 1120. The first-order chi connectivity index (χ1) is 14.1. The Kier molecular flexibility index (Phi) is 5.44. The lowest BCUT2D eigenvalue weighted by molar-refractivity contribution is 0.294. The fourth-order valence-electron chi connectivity index (χ4n) is 3.25. The van der Waals surface area contributed by atoms with Crippen molar-refractivity contribution in [3.8, 4) is 17.6 Å². The van der Waals surface area contributed by atoms with Gasteiger partial charge in [-0.3, -0.25) is 4.79 Å². The predicted molar refractivity (Wildman–Crippen MR) is 112 cm³/mol. The van der Waals surface area contributed by atoms with E-state index in [0.717, 1.165) is 16.8 Å². The van der Waals surface area contributed by atoms with Crippen molar-refractivity contribution in [2.75, 3.05) is 0 Å². The summed E-state index contributed by atoms with van der Waals surface area (Å²) in [5, 5.41) is 0. The zero-order chi connectivity index (χ0) is 20.2. The lowest BCUT2D eigenvalue weighted by atomic mass is 10.0. The van der Waals surface area contributed by atoms with Gasteiger partial charge in [0.2, 0.25) is 0 Å². The largest absolute Gasteiger partial charge is 0.485 e. The Morgan fingerprint density at radius 3 is 2.69 bits per heavy atom. The number of rotatable bonds is 5. The highest BCUT2D eigenvalue weighted by Crippen LogP contribution is 2.28. The minimum Gasteiger partial charge on any atom is -0.485 e. The molecular weight excluding hydrogens is 362 g/mol. The van der Waals surface area contributed by atoms with Crippen LogP contribution in [0.1, 0.15) is 48.5 Å². The molecule has 5 heteroatoms. The van der Waals surface area contributed by atoms with Gasteiger partial charge in [0, 0.05) is 35.6 Å². The zero-order valence-electron chi connectivity index (χ0n) is 16.6. The summed E-state index contributed by atoms with van der Waals surface area (Å²) in [6, 6.07) is 13.2. The molecule has 5 nitrogen and oxygen atoms in total. The average molecular weight is 385 g/mol. The summed E-state index contributed by atoms with van der Waals surface area (Å²) in [5.74, 6) is 8.21. The number of hydrogen-bond donors (Lipinski definition) is 0. The van der Waals surface area contributed by atoms with Gasteiger partial charge in [0.05, 0.1) is 6.04 Å². The summed E-state index contributed by atoms with van der Waals surface area (Å²) in [5.41, 5.74) is 2.79. The van der Waals surface area contributed by atoms with Crippen LogP contribution in [0.25, 0.3) is 0 Å². The normalized spacial score (nSPS) is 14.0. The molecule has 0 N–H and O–H groups in total. The van der Waals surface area contributed by atoms with Gasteiger partial charge in [-0.2, -0.15) is 0 Å². The minimum atomic E-state index is -0.101. The van der Waals surface area contributed by atoms with Gasteiger partial charge in [-0.15, -0.1) is 0 Å². The molecule has 1 atom stereocenters. The third kappa shape index (κ3) is 4.72. The fraction of sp³-hybridized carbons (Fsp3) is 0.292. The van der Waals surface area contributed by atoms with Crippen LogP contribution in [0.3, 0.4) is 0 Å². The van der Waals surface area contributed by atoms with Gasteiger partial charge in [-0.25, -0.2) is 9.97 Å². The van der Waals surface area contributed by atoms with Gasteiger partial charge in [-0.05, 0) is 56.5 Å². The van der Waals surface area contributed by atoms with Crippen LogP contribution < -0.4 is 10.3 Å². The van der Waals surface area contributed by atoms with Crippen LogP contribution in [0.15, 0.2) is 59.7 Å². The summed E-state index contributed by atoms with van der Waals surface area (Å²) in [6.45, 7) is 4.17. The van der Waals surface area contributed by atoms with Gasteiger partial charge in [0.15, 0.2) is 5.82 Å². The molecule has 1 aliphatic carbocycles. The van der Waals surface area contributed by atoms with Crippen molar-refractivity contribution in [3.05, 3.63) is 87.9 Å². The van der Waals surface area contributed by atoms with E-state index < -0.39 is 0 Å². The topological polar surface area (TPSA) is 57.0 Å². The Balaban J connectivity index is 1.54. The van der Waals surface area contributed by atoms with Crippen LogP contribution in [0, 0.1) is 24.7 Å². The molecule has 1 aliphatic rings. The summed E-state index contributed by atoms with van der Waals surface area (Å²) < 4.78 is 7.49. The van der Waals surface area contributed by atoms with E-state index in [1.807, 2.05) is 38.1 Å². The van der Waals surface area contributed by atoms with Gasteiger partial charge >= 0.3 is 0 Å². The maximum Gasteiger partial charge on any atom is 0.254 e. The van der Waals surface area contributed by atoms with Gasteiger partial charge in [0.1, 0.15) is 12.4 Å². The molecule has 4 rings (SSSR count). The standard InChI is InChI=1S/C24H23N3O2/c1-17-13-22(29-16-23-25-11-4-12-26-23)15-24(28)27(17)18(2)21-6-3-5-20(14-21)10-9-19-7-8-19/h3-6,11-15,18-19H,7-8,16H2,1-2H3. The van der Waals surface area contributed by atoms with Gasteiger partial charge < -0.3 is 9.30 Å². The van der Waals surface area contributed by atoms with Crippen LogP contribution in [0.2, 0.25) is 0 Å². The van der Waals surface area contributed by atoms with Crippen molar-refractivity contribution in [1.29, 1.82) is 0 Å². The Labute approximate surface area is 170 Å². The molecule has 29 heavy (non-hydrogen) atoms. The Morgan fingerprint density at radius 2 is 1.97 bits per heavy atom.